The van der Waals surface area contributed by atoms with Gasteiger partial charge < -0.3 is 13.9 Å². The molecular formula is C39H48O5Si. The third-order valence-electron chi connectivity index (χ3n) is 9.65. The van der Waals surface area contributed by atoms with E-state index in [2.05, 4.69) is 107 Å². The van der Waals surface area contributed by atoms with Crippen molar-refractivity contribution in [3.8, 4) is 0 Å². The van der Waals surface area contributed by atoms with Gasteiger partial charge in [-0.25, -0.2) is 4.79 Å². The maximum Gasteiger partial charge on any atom is 0.338 e. The highest BCUT2D eigenvalue weighted by atomic mass is 28.4. The molecule has 2 unspecified atom stereocenters. The van der Waals surface area contributed by atoms with Crippen molar-refractivity contribution in [1.29, 1.82) is 0 Å². The quantitative estimate of drug-likeness (QED) is 0.119. The summed E-state index contributed by atoms with van der Waals surface area (Å²) in [4.78, 5) is 25.5. The van der Waals surface area contributed by atoms with Crippen LogP contribution in [0.3, 0.4) is 0 Å². The van der Waals surface area contributed by atoms with Crippen molar-refractivity contribution in [2.24, 2.45) is 17.8 Å². The predicted molar refractivity (Wildman–Crippen MR) is 182 cm³/mol. The van der Waals surface area contributed by atoms with E-state index >= 15 is 0 Å². The molecule has 0 aromatic heterocycles. The Morgan fingerprint density at radius 1 is 0.956 bits per heavy atom. The van der Waals surface area contributed by atoms with Crippen molar-refractivity contribution < 1.29 is 23.5 Å². The SMILES string of the molecule is CCCCC(C)[C@H](/C=C/[C@H]1C(OC(=O)c2ccccc2)C[C@@H]2OC(=O)C[C@@H]21)O[Si](c1ccccc1)(c1ccccc1)C(C)(C)C. The molecule has 3 aromatic rings. The molecule has 5 rings (SSSR count). The predicted octanol–water partition coefficient (Wildman–Crippen LogP) is 7.49. The number of carbonyl (C=O) groups is 2. The fourth-order valence-corrected chi connectivity index (χ4v) is 12.0. The number of benzene rings is 3. The van der Waals surface area contributed by atoms with Gasteiger partial charge in [-0.3, -0.25) is 4.79 Å². The van der Waals surface area contributed by atoms with Crippen LogP contribution >= 0.6 is 0 Å². The third kappa shape index (κ3) is 7.18. The number of unbranched alkanes of at least 4 members (excludes halogenated alkanes) is 1. The molecule has 3 aromatic carbocycles. The van der Waals surface area contributed by atoms with Crippen molar-refractivity contribution in [2.45, 2.75) is 90.1 Å². The van der Waals surface area contributed by atoms with Gasteiger partial charge in [-0.2, -0.15) is 0 Å². The average Bonchev–Trinajstić information content (AvgIpc) is 3.55. The van der Waals surface area contributed by atoms with E-state index in [9.17, 15) is 9.59 Å². The maximum atomic E-state index is 13.1. The van der Waals surface area contributed by atoms with E-state index in [0.29, 0.717) is 18.4 Å². The molecule has 6 atom stereocenters. The molecule has 0 amide bonds. The fourth-order valence-electron chi connectivity index (χ4n) is 7.24. The van der Waals surface area contributed by atoms with Crippen molar-refractivity contribution >= 4 is 30.6 Å². The minimum Gasteiger partial charge on any atom is -0.462 e. The Bertz CT molecular complexity index is 1390. The normalized spacial score (nSPS) is 23.0. The lowest BCUT2D eigenvalue weighted by Gasteiger charge is -2.46. The molecule has 238 valence electrons. The maximum absolute atomic E-state index is 13.1. The Balaban J connectivity index is 1.53. The monoisotopic (exact) mass is 624 g/mol. The van der Waals surface area contributed by atoms with Gasteiger partial charge in [0, 0.05) is 18.3 Å². The van der Waals surface area contributed by atoms with Gasteiger partial charge in [0.1, 0.15) is 12.2 Å². The second kappa shape index (κ2) is 14.3. The fraction of sp³-hybridized carbons (Fsp3) is 0.436. The first-order valence-corrected chi connectivity index (χ1v) is 18.5. The number of hydrogen-bond donors (Lipinski definition) is 0. The minimum absolute atomic E-state index is 0.0261. The number of rotatable bonds is 12. The van der Waals surface area contributed by atoms with Gasteiger partial charge in [0.25, 0.3) is 8.32 Å². The molecule has 6 heteroatoms. The van der Waals surface area contributed by atoms with E-state index in [1.807, 2.05) is 18.2 Å². The molecule has 0 N–H and O–H groups in total. The number of hydrogen-bond acceptors (Lipinski definition) is 5. The topological polar surface area (TPSA) is 61.8 Å². The molecule has 5 nitrogen and oxygen atoms in total. The molecule has 1 saturated carbocycles. The zero-order chi connectivity index (χ0) is 32.0. The lowest BCUT2D eigenvalue weighted by molar-refractivity contribution is -0.141. The highest BCUT2D eigenvalue weighted by molar-refractivity contribution is 6.99. The molecule has 0 bridgehead atoms. The second-order valence-electron chi connectivity index (χ2n) is 13.8. The highest BCUT2D eigenvalue weighted by Gasteiger charge is 2.53. The van der Waals surface area contributed by atoms with Crippen LogP contribution in [0, 0.1) is 17.8 Å². The first-order valence-electron chi connectivity index (χ1n) is 16.6. The van der Waals surface area contributed by atoms with Crippen LogP contribution in [-0.4, -0.2) is 38.6 Å². The number of ether oxygens (including phenoxy) is 2. The van der Waals surface area contributed by atoms with Crippen LogP contribution in [-0.2, 0) is 18.7 Å². The summed E-state index contributed by atoms with van der Waals surface area (Å²) in [5.41, 5.74) is 0.523. The van der Waals surface area contributed by atoms with E-state index in [1.54, 1.807) is 12.1 Å². The van der Waals surface area contributed by atoms with Gasteiger partial charge in [0.15, 0.2) is 0 Å². The van der Waals surface area contributed by atoms with E-state index in [1.165, 1.54) is 10.4 Å². The van der Waals surface area contributed by atoms with Crippen LogP contribution in [0.5, 0.6) is 0 Å². The Morgan fingerprint density at radius 3 is 2.09 bits per heavy atom. The summed E-state index contributed by atoms with van der Waals surface area (Å²) in [6, 6.07) is 30.6. The number of fused-ring (bicyclic) bond motifs is 1. The second-order valence-corrected chi connectivity index (χ2v) is 18.0. The van der Waals surface area contributed by atoms with Gasteiger partial charge in [-0.05, 0) is 39.9 Å². The molecule has 0 spiro atoms. The Kier molecular flexibility index (Phi) is 10.5. The van der Waals surface area contributed by atoms with Gasteiger partial charge in [0.05, 0.1) is 18.1 Å². The summed E-state index contributed by atoms with van der Waals surface area (Å²) >= 11 is 0. The lowest BCUT2D eigenvalue weighted by Crippen LogP contribution is -2.68. The highest BCUT2D eigenvalue weighted by Crippen LogP contribution is 2.44. The van der Waals surface area contributed by atoms with Gasteiger partial charge in [-0.1, -0.05) is 138 Å². The molecule has 1 aliphatic heterocycles. The largest absolute Gasteiger partial charge is 0.462 e. The van der Waals surface area contributed by atoms with Crippen molar-refractivity contribution in [3.63, 3.8) is 0 Å². The van der Waals surface area contributed by atoms with Crippen LogP contribution in [0.1, 0.15) is 77.1 Å². The van der Waals surface area contributed by atoms with Crippen LogP contribution in [0.4, 0.5) is 0 Å². The van der Waals surface area contributed by atoms with Crippen LogP contribution < -0.4 is 10.4 Å². The number of carbonyl (C=O) groups excluding carboxylic acids is 2. The molecular weight excluding hydrogens is 577 g/mol. The van der Waals surface area contributed by atoms with Crippen LogP contribution in [0.2, 0.25) is 5.04 Å². The summed E-state index contributed by atoms with van der Waals surface area (Å²) in [7, 11) is -2.83. The van der Waals surface area contributed by atoms with Crippen molar-refractivity contribution in [2.75, 3.05) is 0 Å². The van der Waals surface area contributed by atoms with Crippen molar-refractivity contribution in [1.82, 2.24) is 0 Å². The van der Waals surface area contributed by atoms with E-state index in [4.69, 9.17) is 13.9 Å². The van der Waals surface area contributed by atoms with Gasteiger partial charge in [-0.15, -0.1) is 0 Å². The smallest absolute Gasteiger partial charge is 0.338 e. The lowest BCUT2D eigenvalue weighted by atomic mass is 9.90. The zero-order valence-electron chi connectivity index (χ0n) is 27.4. The summed E-state index contributed by atoms with van der Waals surface area (Å²) in [6.45, 7) is 11.4. The average molecular weight is 625 g/mol. The summed E-state index contributed by atoms with van der Waals surface area (Å²) in [5.74, 6) is -0.430. The molecule has 2 aliphatic rings. The number of esters is 2. The summed E-state index contributed by atoms with van der Waals surface area (Å²) in [5, 5.41) is 2.33. The van der Waals surface area contributed by atoms with Gasteiger partial charge in [0.2, 0.25) is 0 Å². The van der Waals surface area contributed by atoms with E-state index in [0.717, 1.165) is 19.3 Å². The van der Waals surface area contributed by atoms with Gasteiger partial charge >= 0.3 is 11.9 Å². The molecule has 2 fully saturated rings. The molecule has 0 radical (unpaired) electrons. The molecule has 1 saturated heterocycles. The third-order valence-corrected chi connectivity index (χ3v) is 14.7. The molecule has 1 aliphatic carbocycles. The Morgan fingerprint density at radius 2 is 1.53 bits per heavy atom. The summed E-state index contributed by atoms with van der Waals surface area (Å²) in [6.07, 6.45) is 7.72. The minimum atomic E-state index is -2.83. The first kappa shape index (κ1) is 32.9. The van der Waals surface area contributed by atoms with Crippen molar-refractivity contribution in [3.05, 3.63) is 109 Å². The first-order chi connectivity index (χ1) is 21.6. The molecule has 1 heterocycles. The summed E-state index contributed by atoms with van der Waals surface area (Å²) < 4.78 is 19.5. The van der Waals surface area contributed by atoms with Crippen LogP contribution in [0.15, 0.2) is 103 Å². The Hall–Kier alpha value is -3.48. The standard InChI is InChI=1S/C39H48O5Si/c1-6-7-17-28(2)34(44-45(39(3,4)5,30-20-13-9-14-21-30)31-22-15-10-16-23-31)25-24-32-33-26-37(40)42-36(33)27-35(32)43-38(41)29-18-11-8-12-19-29/h8-16,18-25,28,32-36H,6-7,17,26-27H2,1-5H3/b25-24+/t28?,32-,33-,34+,35?,36+/m1/s1. The van der Waals surface area contributed by atoms with Crippen LogP contribution in [0.25, 0.3) is 0 Å². The van der Waals surface area contributed by atoms with E-state index < -0.39 is 8.32 Å². The zero-order valence-corrected chi connectivity index (χ0v) is 28.4. The van der Waals surface area contributed by atoms with E-state index in [-0.39, 0.29) is 53.0 Å². The Labute approximate surface area is 270 Å². The molecule has 45 heavy (non-hydrogen) atoms.